The maximum Gasteiger partial charge on any atom is 0.251 e. The van der Waals surface area contributed by atoms with E-state index >= 15 is 0 Å². The first kappa shape index (κ1) is 26.6. The lowest BCUT2D eigenvalue weighted by atomic mass is 10.1. The Balaban J connectivity index is 1.58. The van der Waals surface area contributed by atoms with Crippen LogP contribution >= 0.6 is 0 Å². The van der Waals surface area contributed by atoms with Gasteiger partial charge in [0.25, 0.3) is 5.91 Å². The summed E-state index contributed by atoms with van der Waals surface area (Å²) in [4.78, 5) is 29.1. The zero-order valence-electron chi connectivity index (χ0n) is 22.0. The largest absolute Gasteiger partial charge is 0.493 e. The molecule has 0 aliphatic rings. The monoisotopic (exact) mass is 516 g/mol. The van der Waals surface area contributed by atoms with Crippen LogP contribution < -0.4 is 19.7 Å². The van der Waals surface area contributed by atoms with Crippen molar-refractivity contribution < 1.29 is 19.1 Å². The van der Waals surface area contributed by atoms with Crippen molar-refractivity contribution in [2.24, 2.45) is 5.92 Å². The summed E-state index contributed by atoms with van der Waals surface area (Å²) in [6, 6.07) is 18.7. The number of fused-ring (bicyclic) bond motifs is 1. The summed E-state index contributed by atoms with van der Waals surface area (Å²) in [5.74, 6) is 1.34. The normalized spacial score (nSPS) is 11.0. The fourth-order valence-electron chi connectivity index (χ4n) is 4.06. The van der Waals surface area contributed by atoms with Crippen LogP contribution in [0.2, 0.25) is 0 Å². The van der Waals surface area contributed by atoms with Crippen LogP contribution in [-0.2, 0) is 16.1 Å². The Kier molecular flexibility index (Phi) is 8.52. The van der Waals surface area contributed by atoms with Crippen LogP contribution in [0.1, 0.15) is 20.3 Å². The van der Waals surface area contributed by atoms with Crippen molar-refractivity contribution in [1.82, 2.24) is 25.5 Å². The lowest BCUT2D eigenvalue weighted by Gasteiger charge is -2.24. The fraction of sp³-hybridized carbons (Fsp3) is 0.321. The predicted molar refractivity (Wildman–Crippen MR) is 145 cm³/mol. The molecule has 0 saturated carbocycles. The van der Waals surface area contributed by atoms with E-state index in [1.807, 2.05) is 42.5 Å². The first-order valence-electron chi connectivity index (χ1n) is 12.4. The van der Waals surface area contributed by atoms with Gasteiger partial charge >= 0.3 is 0 Å². The Hall–Kier alpha value is -4.47. The topological polar surface area (TPSA) is 111 Å². The Labute approximate surface area is 221 Å². The number of aromatic nitrogens is 4. The summed E-state index contributed by atoms with van der Waals surface area (Å²) in [5, 5.41) is 17.3. The number of carbonyl (C=O) groups is 2. The maximum absolute atomic E-state index is 13.6. The highest BCUT2D eigenvalue weighted by Crippen LogP contribution is 2.31. The van der Waals surface area contributed by atoms with Crippen LogP contribution in [0.4, 0.5) is 5.69 Å². The Bertz CT molecular complexity index is 1410. The third-order valence-electron chi connectivity index (χ3n) is 6.08. The lowest BCUT2D eigenvalue weighted by Crippen LogP contribution is -2.43. The second-order valence-electron chi connectivity index (χ2n) is 9.22. The SMILES string of the molecule is COc1ccc(-c2nnn(CC(=O)N(CC(=O)NCCC(C)C)c3cccc4ccccc34)n2)cc1OC. The van der Waals surface area contributed by atoms with Gasteiger partial charge in [-0.05, 0) is 47.2 Å². The molecule has 0 saturated heterocycles. The molecular formula is C28H32N6O4. The van der Waals surface area contributed by atoms with Gasteiger partial charge in [0.05, 0.1) is 19.9 Å². The molecule has 1 N–H and O–H groups in total. The van der Waals surface area contributed by atoms with Gasteiger partial charge in [-0.1, -0.05) is 50.2 Å². The van der Waals surface area contributed by atoms with Crippen molar-refractivity contribution in [3.05, 3.63) is 60.7 Å². The van der Waals surface area contributed by atoms with E-state index in [2.05, 4.69) is 34.6 Å². The third-order valence-corrected chi connectivity index (χ3v) is 6.08. The molecule has 0 spiro atoms. The molecule has 4 rings (SSSR count). The van der Waals surface area contributed by atoms with E-state index in [1.165, 1.54) is 9.70 Å². The van der Waals surface area contributed by atoms with Gasteiger partial charge in [0.2, 0.25) is 11.7 Å². The zero-order chi connectivity index (χ0) is 27.1. The van der Waals surface area contributed by atoms with E-state index in [1.54, 1.807) is 32.4 Å². The molecule has 0 unspecified atom stereocenters. The highest BCUT2D eigenvalue weighted by Gasteiger charge is 2.23. The second-order valence-corrected chi connectivity index (χ2v) is 9.22. The number of methoxy groups -OCH3 is 2. The molecule has 10 nitrogen and oxygen atoms in total. The molecule has 0 fully saturated rings. The number of benzene rings is 3. The minimum Gasteiger partial charge on any atom is -0.493 e. The summed E-state index contributed by atoms with van der Waals surface area (Å²) in [7, 11) is 3.11. The Morgan fingerprint density at radius 2 is 1.76 bits per heavy atom. The maximum atomic E-state index is 13.6. The van der Waals surface area contributed by atoms with Crippen LogP contribution in [0.3, 0.4) is 0 Å². The average Bonchev–Trinajstić information content (AvgIpc) is 3.39. The molecule has 0 radical (unpaired) electrons. The number of hydrogen-bond acceptors (Lipinski definition) is 7. The molecule has 3 aromatic carbocycles. The number of tetrazole rings is 1. The molecule has 0 bridgehead atoms. The van der Waals surface area contributed by atoms with Crippen LogP contribution in [0.15, 0.2) is 60.7 Å². The van der Waals surface area contributed by atoms with Gasteiger partial charge in [0.15, 0.2) is 11.5 Å². The summed E-state index contributed by atoms with van der Waals surface area (Å²) in [5.41, 5.74) is 1.31. The van der Waals surface area contributed by atoms with E-state index in [0.29, 0.717) is 41.0 Å². The third kappa shape index (κ3) is 6.26. The number of amides is 2. The number of carbonyl (C=O) groups excluding carboxylic acids is 2. The van der Waals surface area contributed by atoms with E-state index in [4.69, 9.17) is 9.47 Å². The van der Waals surface area contributed by atoms with Crippen LogP contribution in [0.25, 0.3) is 22.2 Å². The summed E-state index contributed by atoms with van der Waals surface area (Å²) >= 11 is 0. The van der Waals surface area contributed by atoms with E-state index in [-0.39, 0.29) is 24.9 Å². The van der Waals surface area contributed by atoms with Crippen molar-refractivity contribution >= 4 is 28.3 Å². The van der Waals surface area contributed by atoms with Crippen molar-refractivity contribution in [3.63, 3.8) is 0 Å². The average molecular weight is 517 g/mol. The standard InChI is InChI=1S/C28H32N6O4/c1-19(2)14-15-29-26(35)17-33(23-11-7-9-20-8-5-6-10-22(20)23)27(36)18-34-31-28(30-32-34)21-12-13-24(37-3)25(16-21)38-4/h5-13,16,19H,14-15,17-18H2,1-4H3,(H,29,35). The summed E-state index contributed by atoms with van der Waals surface area (Å²) < 4.78 is 10.6. The molecule has 0 aliphatic heterocycles. The van der Waals surface area contributed by atoms with Gasteiger partial charge in [-0.15, -0.1) is 10.2 Å². The minimum atomic E-state index is -0.336. The molecule has 1 aromatic heterocycles. The number of rotatable bonds is 11. The predicted octanol–water partition coefficient (Wildman–Crippen LogP) is 3.71. The van der Waals surface area contributed by atoms with Crippen molar-refractivity contribution in [3.8, 4) is 22.9 Å². The smallest absolute Gasteiger partial charge is 0.251 e. The number of ether oxygens (including phenoxy) is 2. The van der Waals surface area contributed by atoms with Gasteiger partial charge in [-0.3, -0.25) is 9.59 Å². The molecule has 10 heteroatoms. The molecule has 198 valence electrons. The zero-order valence-corrected chi connectivity index (χ0v) is 22.0. The van der Waals surface area contributed by atoms with Gasteiger partial charge in [0.1, 0.15) is 13.1 Å². The molecule has 0 aliphatic carbocycles. The summed E-state index contributed by atoms with van der Waals surface area (Å²) in [6.07, 6.45) is 0.857. The van der Waals surface area contributed by atoms with Crippen LogP contribution in [0, 0.1) is 5.92 Å². The molecule has 4 aromatic rings. The van der Waals surface area contributed by atoms with Crippen molar-refractivity contribution in [1.29, 1.82) is 0 Å². The number of nitrogens with one attached hydrogen (secondary N) is 1. The van der Waals surface area contributed by atoms with Gasteiger partial charge in [0, 0.05) is 17.5 Å². The van der Waals surface area contributed by atoms with E-state index in [9.17, 15) is 9.59 Å². The molecule has 0 atom stereocenters. The van der Waals surface area contributed by atoms with Crippen molar-refractivity contribution in [2.45, 2.75) is 26.8 Å². The fourth-order valence-corrected chi connectivity index (χ4v) is 4.06. The number of anilines is 1. The van der Waals surface area contributed by atoms with Crippen LogP contribution in [0.5, 0.6) is 11.5 Å². The van der Waals surface area contributed by atoms with Gasteiger partial charge in [-0.25, -0.2) is 0 Å². The summed E-state index contributed by atoms with van der Waals surface area (Å²) in [6.45, 7) is 4.43. The molecule has 1 heterocycles. The minimum absolute atomic E-state index is 0.123. The van der Waals surface area contributed by atoms with Crippen molar-refractivity contribution in [2.75, 3.05) is 32.2 Å². The Morgan fingerprint density at radius 3 is 2.53 bits per heavy atom. The van der Waals surface area contributed by atoms with E-state index < -0.39 is 0 Å². The highest BCUT2D eigenvalue weighted by molar-refractivity contribution is 6.06. The first-order valence-corrected chi connectivity index (χ1v) is 12.4. The highest BCUT2D eigenvalue weighted by atomic mass is 16.5. The van der Waals surface area contributed by atoms with E-state index in [0.717, 1.165) is 17.2 Å². The molecule has 38 heavy (non-hydrogen) atoms. The second kappa shape index (κ2) is 12.2. The van der Waals surface area contributed by atoms with Gasteiger partial charge in [-0.2, -0.15) is 4.80 Å². The quantitative estimate of drug-likeness (QED) is 0.323. The Morgan fingerprint density at radius 1 is 1.00 bits per heavy atom. The van der Waals surface area contributed by atoms with Gasteiger partial charge < -0.3 is 19.7 Å². The molecular weight excluding hydrogens is 484 g/mol. The lowest BCUT2D eigenvalue weighted by molar-refractivity contribution is -0.124. The van der Waals surface area contributed by atoms with Crippen LogP contribution in [-0.4, -0.2) is 59.3 Å². The number of hydrogen-bond donors (Lipinski definition) is 1. The first-order chi connectivity index (χ1) is 18.4. The molecule has 2 amide bonds. The number of nitrogens with zero attached hydrogens (tertiary/aromatic N) is 5.